The van der Waals surface area contributed by atoms with Crippen LogP contribution in [0.4, 0.5) is 10.5 Å². The fourth-order valence-corrected chi connectivity index (χ4v) is 5.46. The number of nitrogens with zero attached hydrogens (tertiary/aromatic N) is 2. The Morgan fingerprint density at radius 3 is 2.16 bits per heavy atom. The normalized spacial score (nSPS) is 19.0. The quantitative estimate of drug-likeness (QED) is 0.450. The van der Waals surface area contributed by atoms with Crippen molar-refractivity contribution in [2.75, 3.05) is 11.9 Å². The van der Waals surface area contributed by atoms with E-state index in [1.54, 1.807) is 72.7 Å². The Morgan fingerprint density at radius 1 is 0.911 bits per heavy atom. The summed E-state index contributed by atoms with van der Waals surface area (Å²) in [6, 6.07) is 10.6. The van der Waals surface area contributed by atoms with Crippen LogP contribution in [0.2, 0.25) is 0 Å². The number of esters is 1. The van der Waals surface area contributed by atoms with E-state index in [-0.39, 0.29) is 6.42 Å². The summed E-state index contributed by atoms with van der Waals surface area (Å²) in [7, 11) is 1.46. The van der Waals surface area contributed by atoms with Crippen LogP contribution in [-0.2, 0) is 41.5 Å². The SMILES string of the molecule is C[C@@H](C(=O)N[C@H]1CCc2cccc3c2N(C1=O)[C@H](C(=O)N[C@H](C(=O)OC(C)(C)C)c1ccccc1)C3)N(C)C(=O)OC(C)(C)C. The van der Waals surface area contributed by atoms with Gasteiger partial charge in [0.2, 0.25) is 17.7 Å². The van der Waals surface area contributed by atoms with E-state index in [2.05, 4.69) is 10.6 Å². The smallest absolute Gasteiger partial charge is 0.410 e. The number of carbonyl (C=O) groups is 5. The van der Waals surface area contributed by atoms with Gasteiger partial charge in [0, 0.05) is 13.5 Å². The third kappa shape index (κ3) is 7.82. The van der Waals surface area contributed by atoms with Crippen molar-refractivity contribution in [1.82, 2.24) is 15.5 Å². The van der Waals surface area contributed by atoms with Crippen LogP contribution in [0.5, 0.6) is 0 Å². The minimum Gasteiger partial charge on any atom is -0.458 e. The van der Waals surface area contributed by atoms with E-state index in [9.17, 15) is 24.0 Å². The van der Waals surface area contributed by atoms with Gasteiger partial charge in [0.15, 0.2) is 6.04 Å². The number of rotatable bonds is 7. The number of aryl methyl sites for hydroxylation is 1. The first-order chi connectivity index (χ1) is 21.0. The van der Waals surface area contributed by atoms with Gasteiger partial charge < -0.3 is 20.1 Å². The second kappa shape index (κ2) is 12.9. The van der Waals surface area contributed by atoms with Gasteiger partial charge in [-0.05, 0) is 78.0 Å². The largest absolute Gasteiger partial charge is 0.458 e. The molecule has 0 bridgehead atoms. The van der Waals surface area contributed by atoms with E-state index in [4.69, 9.17) is 9.47 Å². The second-order valence-electron chi connectivity index (χ2n) is 13.6. The first-order valence-electron chi connectivity index (χ1n) is 15.2. The van der Waals surface area contributed by atoms with Crippen LogP contribution in [-0.4, -0.2) is 71.1 Å². The average Bonchev–Trinajstić information content (AvgIpc) is 3.29. The van der Waals surface area contributed by atoms with Crippen molar-refractivity contribution >= 4 is 35.5 Å². The standard InChI is InChI=1S/C34H44N4O7/c1-20(37(8)32(43)45-34(5,6)7)28(39)35-24-18-17-22-15-12-16-23-19-25(38(27(22)23)30(24)41)29(40)36-26(21-13-10-9-11-14-21)31(42)44-33(2,3)4/h9-16,20,24-26H,17-19H2,1-8H3,(H,35,39)(H,36,40)/t20-,24-,25-,26-/m0/s1. The molecule has 242 valence electrons. The highest BCUT2D eigenvalue weighted by molar-refractivity contribution is 6.08. The lowest BCUT2D eigenvalue weighted by Crippen LogP contribution is -2.57. The Balaban J connectivity index is 1.58. The van der Waals surface area contributed by atoms with Crippen molar-refractivity contribution in [1.29, 1.82) is 0 Å². The molecule has 2 heterocycles. The highest BCUT2D eigenvalue weighted by atomic mass is 16.6. The van der Waals surface area contributed by atoms with Crippen LogP contribution in [0.3, 0.4) is 0 Å². The third-order valence-electron chi connectivity index (χ3n) is 7.73. The number of ether oxygens (including phenoxy) is 2. The molecule has 2 aliphatic heterocycles. The Kier molecular flexibility index (Phi) is 9.60. The molecular formula is C34H44N4O7. The van der Waals surface area contributed by atoms with Gasteiger partial charge in [-0.1, -0.05) is 48.5 Å². The van der Waals surface area contributed by atoms with E-state index in [1.807, 2.05) is 24.3 Å². The molecule has 0 spiro atoms. The molecule has 0 saturated heterocycles. The second-order valence-corrected chi connectivity index (χ2v) is 13.6. The molecule has 45 heavy (non-hydrogen) atoms. The maximum Gasteiger partial charge on any atom is 0.410 e. The Hall–Kier alpha value is -4.41. The van der Waals surface area contributed by atoms with Crippen LogP contribution in [0.1, 0.15) is 77.6 Å². The minimum atomic E-state index is -1.09. The molecule has 0 saturated carbocycles. The fraction of sp³-hybridized carbons (Fsp3) is 0.500. The van der Waals surface area contributed by atoms with Gasteiger partial charge in [-0.2, -0.15) is 0 Å². The van der Waals surface area contributed by atoms with Gasteiger partial charge in [-0.3, -0.25) is 24.2 Å². The zero-order chi connectivity index (χ0) is 33.3. The van der Waals surface area contributed by atoms with Crippen molar-refractivity contribution in [2.45, 2.75) is 103 Å². The Bertz CT molecular complexity index is 1460. The van der Waals surface area contributed by atoms with Gasteiger partial charge in [0.25, 0.3) is 0 Å². The van der Waals surface area contributed by atoms with Crippen molar-refractivity contribution in [3.8, 4) is 0 Å². The topological polar surface area (TPSA) is 134 Å². The molecule has 2 aromatic rings. The predicted octanol–water partition coefficient (Wildman–Crippen LogP) is 3.83. The fourth-order valence-electron chi connectivity index (χ4n) is 5.46. The lowest BCUT2D eigenvalue weighted by Gasteiger charge is -2.31. The maximum atomic E-state index is 14.1. The number of nitrogens with one attached hydrogen (secondary N) is 2. The van der Waals surface area contributed by atoms with Crippen LogP contribution in [0.25, 0.3) is 0 Å². The lowest BCUT2D eigenvalue weighted by molar-refractivity contribution is -0.159. The third-order valence-corrected chi connectivity index (χ3v) is 7.73. The molecule has 0 aliphatic carbocycles. The molecule has 2 aliphatic rings. The monoisotopic (exact) mass is 620 g/mol. The zero-order valence-electron chi connectivity index (χ0n) is 27.3. The summed E-state index contributed by atoms with van der Waals surface area (Å²) in [5.74, 6) is -2.10. The number of para-hydroxylation sites is 1. The van der Waals surface area contributed by atoms with Crippen LogP contribution in [0, 0.1) is 0 Å². The van der Waals surface area contributed by atoms with Gasteiger partial charge in [-0.25, -0.2) is 9.59 Å². The van der Waals surface area contributed by atoms with Crippen LogP contribution in [0.15, 0.2) is 48.5 Å². The summed E-state index contributed by atoms with van der Waals surface area (Å²) in [6.07, 6.45) is 0.378. The number of likely N-dealkylation sites (N-methyl/N-ethyl adjacent to an activating group) is 1. The van der Waals surface area contributed by atoms with E-state index >= 15 is 0 Å². The van der Waals surface area contributed by atoms with E-state index < -0.39 is 65.2 Å². The number of hydrogen-bond donors (Lipinski definition) is 2. The summed E-state index contributed by atoms with van der Waals surface area (Å²) >= 11 is 0. The first-order valence-corrected chi connectivity index (χ1v) is 15.2. The number of amides is 4. The summed E-state index contributed by atoms with van der Waals surface area (Å²) in [5.41, 5.74) is 1.40. The van der Waals surface area contributed by atoms with Crippen molar-refractivity contribution in [3.63, 3.8) is 0 Å². The molecule has 11 heteroatoms. The van der Waals surface area contributed by atoms with Crippen molar-refractivity contribution in [3.05, 3.63) is 65.2 Å². The van der Waals surface area contributed by atoms with Gasteiger partial charge >= 0.3 is 12.1 Å². The molecule has 11 nitrogen and oxygen atoms in total. The molecular weight excluding hydrogens is 576 g/mol. The predicted molar refractivity (Wildman–Crippen MR) is 168 cm³/mol. The van der Waals surface area contributed by atoms with Crippen LogP contribution >= 0.6 is 0 Å². The Labute approximate surface area is 264 Å². The molecule has 2 aromatic carbocycles. The molecule has 4 atom stereocenters. The number of anilines is 1. The number of hydrogen-bond acceptors (Lipinski definition) is 7. The molecule has 4 rings (SSSR count). The van der Waals surface area contributed by atoms with Crippen LogP contribution < -0.4 is 15.5 Å². The highest BCUT2D eigenvalue weighted by Crippen LogP contribution is 2.39. The molecule has 2 N–H and O–H groups in total. The minimum absolute atomic E-state index is 0.245. The zero-order valence-corrected chi connectivity index (χ0v) is 27.3. The van der Waals surface area contributed by atoms with Crippen molar-refractivity contribution in [2.24, 2.45) is 0 Å². The molecule has 0 aromatic heterocycles. The van der Waals surface area contributed by atoms with E-state index in [0.29, 0.717) is 24.1 Å². The van der Waals surface area contributed by atoms with Gasteiger partial charge in [0.1, 0.15) is 29.3 Å². The number of carbonyl (C=O) groups excluding carboxylic acids is 5. The summed E-state index contributed by atoms with van der Waals surface area (Å²) in [5, 5.41) is 5.66. The number of benzene rings is 2. The van der Waals surface area contributed by atoms with E-state index in [1.165, 1.54) is 16.8 Å². The van der Waals surface area contributed by atoms with Gasteiger partial charge in [-0.15, -0.1) is 0 Å². The molecule has 0 unspecified atom stereocenters. The van der Waals surface area contributed by atoms with E-state index in [0.717, 1.165) is 11.1 Å². The summed E-state index contributed by atoms with van der Waals surface area (Å²) in [6.45, 7) is 12.0. The molecule has 0 radical (unpaired) electrons. The molecule has 4 amide bonds. The maximum absolute atomic E-state index is 14.1. The summed E-state index contributed by atoms with van der Waals surface area (Å²) < 4.78 is 11.0. The Morgan fingerprint density at radius 2 is 1.53 bits per heavy atom. The first kappa shape index (κ1) is 33.5. The molecule has 0 fully saturated rings. The highest BCUT2D eigenvalue weighted by Gasteiger charge is 2.45. The van der Waals surface area contributed by atoms with Gasteiger partial charge in [0.05, 0.1) is 5.69 Å². The lowest BCUT2D eigenvalue weighted by atomic mass is 10.0. The summed E-state index contributed by atoms with van der Waals surface area (Å²) in [4.78, 5) is 69.9. The van der Waals surface area contributed by atoms with Crippen molar-refractivity contribution < 1.29 is 33.4 Å². The average molecular weight is 621 g/mol.